The maximum absolute atomic E-state index is 5.96. The lowest BCUT2D eigenvalue weighted by molar-refractivity contribution is 0.929. The summed E-state index contributed by atoms with van der Waals surface area (Å²) in [5.74, 6) is 0. The van der Waals surface area contributed by atoms with Crippen LogP contribution in [0.2, 0.25) is 10.0 Å². The minimum Gasteiger partial charge on any atom is -0.398 e. The molecule has 0 atom stereocenters. The zero-order valence-electron chi connectivity index (χ0n) is 9.99. The highest BCUT2D eigenvalue weighted by molar-refractivity contribution is 7.80. The Bertz CT molecular complexity index is 614. The van der Waals surface area contributed by atoms with Gasteiger partial charge >= 0.3 is 0 Å². The Morgan fingerprint density at radius 1 is 1.11 bits per heavy atom. The minimum atomic E-state index is 0.533. The van der Waals surface area contributed by atoms with E-state index in [1.54, 1.807) is 6.07 Å². The first-order chi connectivity index (χ1) is 9.08. The number of hydrogen-bond acceptors (Lipinski definition) is 2. The Hall–Kier alpha value is -1.29. The number of halogens is 2. The van der Waals surface area contributed by atoms with Crippen LogP contribution in [0.3, 0.4) is 0 Å². The van der Waals surface area contributed by atoms with Gasteiger partial charge in [-0.2, -0.15) is 0 Å². The molecule has 3 N–H and O–H groups in total. The van der Waals surface area contributed by atoms with Crippen LogP contribution in [0.4, 0.5) is 5.69 Å². The van der Waals surface area contributed by atoms with Crippen LogP contribution in [0.25, 0.3) is 0 Å². The summed E-state index contributed by atoms with van der Waals surface area (Å²) in [5.41, 5.74) is 8.37. The van der Waals surface area contributed by atoms with Gasteiger partial charge in [-0.1, -0.05) is 53.6 Å². The molecule has 2 rings (SSSR count). The average Bonchev–Trinajstić information content (AvgIpc) is 2.40. The lowest BCUT2D eigenvalue weighted by Gasteiger charge is -2.10. The normalized spacial score (nSPS) is 10.2. The molecule has 0 saturated carbocycles. The van der Waals surface area contributed by atoms with Crippen LogP contribution in [0.15, 0.2) is 42.5 Å². The molecule has 98 valence electrons. The van der Waals surface area contributed by atoms with Crippen LogP contribution in [0.1, 0.15) is 11.1 Å². The number of rotatable bonds is 3. The van der Waals surface area contributed by atoms with Crippen LogP contribution in [-0.2, 0) is 6.54 Å². The first-order valence-corrected chi connectivity index (χ1v) is 6.81. The molecule has 0 saturated heterocycles. The Kier molecular flexibility index (Phi) is 4.64. The molecule has 0 aromatic heterocycles. The van der Waals surface area contributed by atoms with E-state index in [0.29, 0.717) is 27.3 Å². The summed E-state index contributed by atoms with van der Waals surface area (Å²) in [7, 11) is 0. The molecule has 0 aliphatic heterocycles. The van der Waals surface area contributed by atoms with Crippen molar-refractivity contribution in [3.05, 3.63) is 63.6 Å². The molecular formula is C14H12Cl2N2S. The van der Waals surface area contributed by atoms with Crippen molar-refractivity contribution in [3.8, 4) is 0 Å². The van der Waals surface area contributed by atoms with E-state index in [1.165, 1.54) is 0 Å². The van der Waals surface area contributed by atoms with Crippen LogP contribution in [0, 0.1) is 0 Å². The molecule has 5 heteroatoms. The van der Waals surface area contributed by atoms with Gasteiger partial charge in [0.15, 0.2) is 0 Å². The number of nitrogen functional groups attached to an aromatic ring is 1. The fraction of sp³-hybridized carbons (Fsp3) is 0.0714. The zero-order valence-corrected chi connectivity index (χ0v) is 12.3. The molecule has 0 aliphatic rings. The number of nitrogens with one attached hydrogen (secondary N) is 1. The Morgan fingerprint density at radius 3 is 2.53 bits per heavy atom. The van der Waals surface area contributed by atoms with Crippen molar-refractivity contribution in [2.75, 3.05) is 5.73 Å². The van der Waals surface area contributed by atoms with Gasteiger partial charge < -0.3 is 11.1 Å². The van der Waals surface area contributed by atoms with Crippen molar-refractivity contribution in [2.24, 2.45) is 0 Å². The predicted octanol–water partition coefficient (Wildman–Crippen LogP) is 4.04. The van der Waals surface area contributed by atoms with E-state index in [9.17, 15) is 0 Å². The lowest BCUT2D eigenvalue weighted by Crippen LogP contribution is -2.22. The maximum Gasteiger partial charge on any atom is 0.108 e. The molecule has 0 fully saturated rings. The summed E-state index contributed by atoms with van der Waals surface area (Å²) < 4.78 is 0. The molecule has 2 nitrogen and oxygen atoms in total. The van der Waals surface area contributed by atoms with Gasteiger partial charge in [0, 0.05) is 17.8 Å². The van der Waals surface area contributed by atoms with Crippen molar-refractivity contribution in [1.82, 2.24) is 5.32 Å². The fourth-order valence-corrected chi connectivity index (χ4v) is 2.21. The van der Waals surface area contributed by atoms with Crippen LogP contribution in [0.5, 0.6) is 0 Å². The third-order valence-corrected chi connectivity index (χ3v) is 3.75. The summed E-state index contributed by atoms with van der Waals surface area (Å²) in [4.78, 5) is 0.615. The van der Waals surface area contributed by atoms with E-state index in [2.05, 4.69) is 5.32 Å². The Morgan fingerprint density at radius 2 is 1.84 bits per heavy atom. The van der Waals surface area contributed by atoms with Crippen LogP contribution < -0.4 is 11.1 Å². The number of nitrogens with two attached hydrogens (primary N) is 1. The molecule has 0 heterocycles. The predicted molar refractivity (Wildman–Crippen MR) is 85.9 cm³/mol. The topological polar surface area (TPSA) is 38.0 Å². The number of benzene rings is 2. The van der Waals surface area contributed by atoms with E-state index >= 15 is 0 Å². The molecule has 19 heavy (non-hydrogen) atoms. The van der Waals surface area contributed by atoms with Gasteiger partial charge in [-0.15, -0.1) is 0 Å². The summed E-state index contributed by atoms with van der Waals surface area (Å²) >= 11 is 17.1. The van der Waals surface area contributed by atoms with Gasteiger partial charge in [0.05, 0.1) is 10.0 Å². The first kappa shape index (κ1) is 14.1. The highest BCUT2D eigenvalue weighted by Gasteiger charge is 2.05. The number of para-hydroxylation sites is 1. The Balaban J connectivity index is 2.04. The number of hydrogen-bond donors (Lipinski definition) is 2. The maximum atomic E-state index is 5.96. The highest BCUT2D eigenvalue weighted by Crippen LogP contribution is 2.22. The van der Waals surface area contributed by atoms with E-state index < -0.39 is 0 Å². The van der Waals surface area contributed by atoms with E-state index in [1.807, 2.05) is 36.4 Å². The van der Waals surface area contributed by atoms with Gasteiger partial charge in [-0.25, -0.2) is 0 Å². The summed E-state index contributed by atoms with van der Waals surface area (Å²) in [6.07, 6.45) is 0. The third kappa shape index (κ3) is 3.60. The largest absolute Gasteiger partial charge is 0.398 e. The van der Waals surface area contributed by atoms with Gasteiger partial charge in [-0.3, -0.25) is 0 Å². The molecule has 0 amide bonds. The second-order valence-electron chi connectivity index (χ2n) is 4.02. The van der Waals surface area contributed by atoms with E-state index in [-0.39, 0.29) is 0 Å². The minimum absolute atomic E-state index is 0.533. The summed E-state index contributed by atoms with van der Waals surface area (Å²) in [6.45, 7) is 0.573. The molecule has 0 aliphatic carbocycles. The van der Waals surface area contributed by atoms with Crippen molar-refractivity contribution < 1.29 is 0 Å². The third-order valence-electron chi connectivity index (χ3n) is 2.64. The first-order valence-electron chi connectivity index (χ1n) is 5.64. The Labute approximate surface area is 127 Å². The van der Waals surface area contributed by atoms with Gasteiger partial charge in [-0.05, 0) is 29.8 Å². The van der Waals surface area contributed by atoms with Gasteiger partial charge in [0.2, 0.25) is 0 Å². The van der Waals surface area contributed by atoms with E-state index in [4.69, 9.17) is 41.2 Å². The second-order valence-corrected chi connectivity index (χ2v) is 5.24. The van der Waals surface area contributed by atoms with E-state index in [0.717, 1.165) is 11.1 Å². The summed E-state index contributed by atoms with van der Waals surface area (Å²) in [5, 5.41) is 4.23. The van der Waals surface area contributed by atoms with Crippen molar-refractivity contribution in [2.45, 2.75) is 6.54 Å². The monoisotopic (exact) mass is 310 g/mol. The zero-order chi connectivity index (χ0) is 13.8. The fourth-order valence-electron chi connectivity index (χ4n) is 1.63. The molecular weight excluding hydrogens is 299 g/mol. The molecule has 0 bridgehead atoms. The van der Waals surface area contributed by atoms with Crippen molar-refractivity contribution in [3.63, 3.8) is 0 Å². The lowest BCUT2D eigenvalue weighted by atomic mass is 10.1. The SMILES string of the molecule is Nc1ccccc1C(=S)NCc1ccc(Cl)c(Cl)c1. The highest BCUT2D eigenvalue weighted by atomic mass is 35.5. The average molecular weight is 311 g/mol. The van der Waals surface area contributed by atoms with Gasteiger partial charge in [0.1, 0.15) is 4.99 Å². The second kappa shape index (κ2) is 6.24. The molecule has 0 spiro atoms. The molecule has 2 aromatic carbocycles. The van der Waals surface area contributed by atoms with Crippen LogP contribution >= 0.6 is 35.4 Å². The number of anilines is 1. The number of thiocarbonyl (C=S) groups is 1. The standard InChI is InChI=1S/C14H12Cl2N2S/c15-11-6-5-9(7-12(11)16)8-18-14(19)10-3-1-2-4-13(10)17/h1-7H,8,17H2,(H,18,19). The quantitative estimate of drug-likeness (QED) is 0.663. The van der Waals surface area contributed by atoms with Crippen molar-refractivity contribution in [1.29, 1.82) is 0 Å². The van der Waals surface area contributed by atoms with Gasteiger partial charge in [0.25, 0.3) is 0 Å². The van der Waals surface area contributed by atoms with Crippen molar-refractivity contribution >= 4 is 46.1 Å². The molecule has 0 radical (unpaired) electrons. The summed E-state index contributed by atoms with van der Waals surface area (Å²) in [6, 6.07) is 13.0. The smallest absolute Gasteiger partial charge is 0.108 e. The molecule has 2 aromatic rings. The van der Waals surface area contributed by atoms with Crippen LogP contribution in [-0.4, -0.2) is 4.99 Å². The molecule has 0 unspecified atom stereocenters.